The van der Waals surface area contributed by atoms with E-state index in [1.807, 2.05) is 0 Å². The Morgan fingerprint density at radius 2 is 2.26 bits per heavy atom. The molecule has 1 saturated heterocycles. The molecule has 0 saturated carbocycles. The SMILES string of the molecule is CC1CC(NC(=O)c2cc(Br)ccc2F)CCN1.Cl. The van der Waals surface area contributed by atoms with Crippen LogP contribution in [0.5, 0.6) is 0 Å². The van der Waals surface area contributed by atoms with Crippen LogP contribution < -0.4 is 10.6 Å². The molecule has 2 rings (SSSR count). The minimum atomic E-state index is -0.488. The van der Waals surface area contributed by atoms with Crippen molar-refractivity contribution in [2.75, 3.05) is 6.54 Å². The average molecular weight is 352 g/mol. The van der Waals surface area contributed by atoms with E-state index < -0.39 is 5.82 Å². The Hall–Kier alpha value is -0.650. The van der Waals surface area contributed by atoms with Gasteiger partial charge in [-0.15, -0.1) is 12.4 Å². The van der Waals surface area contributed by atoms with E-state index in [9.17, 15) is 9.18 Å². The van der Waals surface area contributed by atoms with Gasteiger partial charge in [-0.25, -0.2) is 4.39 Å². The molecule has 0 aliphatic carbocycles. The topological polar surface area (TPSA) is 41.1 Å². The maximum Gasteiger partial charge on any atom is 0.254 e. The first-order chi connectivity index (χ1) is 8.56. The highest BCUT2D eigenvalue weighted by atomic mass is 79.9. The van der Waals surface area contributed by atoms with Gasteiger partial charge in [0.15, 0.2) is 0 Å². The van der Waals surface area contributed by atoms with Crippen LogP contribution in [-0.2, 0) is 0 Å². The van der Waals surface area contributed by atoms with E-state index in [-0.39, 0.29) is 29.9 Å². The summed E-state index contributed by atoms with van der Waals surface area (Å²) in [6, 6.07) is 4.89. The molecule has 1 aliphatic heterocycles. The van der Waals surface area contributed by atoms with Crippen LogP contribution in [-0.4, -0.2) is 24.5 Å². The number of amides is 1. The minimum absolute atomic E-state index is 0. The van der Waals surface area contributed by atoms with Gasteiger partial charge in [0.2, 0.25) is 0 Å². The Balaban J connectivity index is 0.00000180. The molecule has 2 atom stereocenters. The number of hydrogen-bond acceptors (Lipinski definition) is 2. The zero-order valence-corrected chi connectivity index (χ0v) is 13.0. The maximum absolute atomic E-state index is 13.6. The maximum atomic E-state index is 13.6. The van der Waals surface area contributed by atoms with Gasteiger partial charge in [-0.2, -0.15) is 0 Å². The molecule has 106 valence electrons. The van der Waals surface area contributed by atoms with Gasteiger partial charge in [0.1, 0.15) is 5.82 Å². The van der Waals surface area contributed by atoms with Gasteiger partial charge in [0, 0.05) is 16.6 Å². The largest absolute Gasteiger partial charge is 0.349 e. The van der Waals surface area contributed by atoms with Crippen LogP contribution in [0.1, 0.15) is 30.1 Å². The summed E-state index contributed by atoms with van der Waals surface area (Å²) < 4.78 is 14.3. The molecular formula is C13H17BrClFN2O. The first-order valence-corrected chi connectivity index (χ1v) is 6.85. The highest BCUT2D eigenvalue weighted by Gasteiger charge is 2.21. The Kier molecular flexibility index (Phi) is 6.23. The summed E-state index contributed by atoms with van der Waals surface area (Å²) >= 11 is 3.24. The third kappa shape index (κ3) is 4.44. The van der Waals surface area contributed by atoms with Crippen LogP contribution in [0, 0.1) is 5.82 Å². The standard InChI is InChI=1S/C13H16BrFN2O.ClH/c1-8-6-10(4-5-16-8)17-13(18)11-7-9(14)2-3-12(11)15;/h2-3,7-8,10,16H,4-6H2,1H3,(H,17,18);1H. The molecule has 1 amide bonds. The molecule has 1 aliphatic rings. The second kappa shape index (κ2) is 7.22. The van der Waals surface area contributed by atoms with Crippen LogP contribution in [0.3, 0.4) is 0 Å². The van der Waals surface area contributed by atoms with Crippen LogP contribution in [0.4, 0.5) is 4.39 Å². The first-order valence-electron chi connectivity index (χ1n) is 6.05. The number of rotatable bonds is 2. The molecule has 19 heavy (non-hydrogen) atoms. The molecule has 0 radical (unpaired) electrons. The van der Waals surface area contributed by atoms with Gasteiger partial charge in [0.25, 0.3) is 5.91 Å². The van der Waals surface area contributed by atoms with Gasteiger partial charge < -0.3 is 10.6 Å². The van der Waals surface area contributed by atoms with Gasteiger partial charge in [0.05, 0.1) is 5.56 Å². The fourth-order valence-corrected chi connectivity index (χ4v) is 2.56. The Bertz CT molecular complexity index is 458. The fourth-order valence-electron chi connectivity index (χ4n) is 2.20. The number of carbonyl (C=O) groups is 1. The smallest absolute Gasteiger partial charge is 0.254 e. The molecule has 0 aromatic heterocycles. The zero-order chi connectivity index (χ0) is 13.1. The third-order valence-corrected chi connectivity index (χ3v) is 3.63. The van der Waals surface area contributed by atoms with Crippen LogP contribution in [0.25, 0.3) is 0 Å². The zero-order valence-electron chi connectivity index (χ0n) is 10.6. The highest BCUT2D eigenvalue weighted by Crippen LogP contribution is 2.16. The fraction of sp³-hybridized carbons (Fsp3) is 0.462. The van der Waals surface area contributed by atoms with E-state index in [1.165, 1.54) is 12.1 Å². The Morgan fingerprint density at radius 1 is 1.53 bits per heavy atom. The molecule has 1 aromatic rings. The van der Waals surface area contributed by atoms with E-state index in [4.69, 9.17) is 0 Å². The highest BCUT2D eigenvalue weighted by molar-refractivity contribution is 9.10. The van der Waals surface area contributed by atoms with Crippen molar-refractivity contribution in [3.63, 3.8) is 0 Å². The monoisotopic (exact) mass is 350 g/mol. The molecule has 3 nitrogen and oxygen atoms in total. The predicted molar refractivity (Wildman–Crippen MR) is 79.3 cm³/mol. The number of halogens is 3. The van der Waals surface area contributed by atoms with Crippen LogP contribution >= 0.6 is 28.3 Å². The van der Waals surface area contributed by atoms with Crippen LogP contribution in [0.2, 0.25) is 0 Å². The summed E-state index contributed by atoms with van der Waals surface area (Å²) in [6.07, 6.45) is 1.76. The summed E-state index contributed by atoms with van der Waals surface area (Å²) in [5.74, 6) is -0.828. The average Bonchev–Trinajstić information content (AvgIpc) is 2.32. The summed E-state index contributed by atoms with van der Waals surface area (Å²) in [4.78, 5) is 12.0. The normalized spacial score (nSPS) is 22.5. The van der Waals surface area contributed by atoms with Crippen molar-refractivity contribution in [2.24, 2.45) is 0 Å². The summed E-state index contributed by atoms with van der Waals surface area (Å²) in [5, 5.41) is 6.21. The van der Waals surface area contributed by atoms with Gasteiger partial charge in [-0.05, 0) is 44.5 Å². The minimum Gasteiger partial charge on any atom is -0.349 e. The summed E-state index contributed by atoms with van der Waals surface area (Å²) in [7, 11) is 0. The number of piperidine rings is 1. The lowest BCUT2D eigenvalue weighted by molar-refractivity contribution is 0.0921. The van der Waals surface area contributed by atoms with Gasteiger partial charge >= 0.3 is 0 Å². The molecule has 1 aromatic carbocycles. The summed E-state index contributed by atoms with van der Waals surface area (Å²) in [5.41, 5.74) is 0.0931. The second-order valence-electron chi connectivity index (χ2n) is 4.67. The van der Waals surface area contributed by atoms with Crippen molar-refractivity contribution in [3.8, 4) is 0 Å². The van der Waals surface area contributed by atoms with Crippen molar-refractivity contribution in [1.82, 2.24) is 10.6 Å². The Morgan fingerprint density at radius 3 is 2.95 bits per heavy atom. The number of hydrogen-bond donors (Lipinski definition) is 2. The lowest BCUT2D eigenvalue weighted by atomic mass is 10.0. The predicted octanol–water partition coefficient (Wildman–Crippen LogP) is 2.88. The van der Waals surface area contributed by atoms with Gasteiger partial charge in [-0.1, -0.05) is 15.9 Å². The van der Waals surface area contributed by atoms with E-state index in [0.29, 0.717) is 10.5 Å². The van der Waals surface area contributed by atoms with Crippen LogP contribution in [0.15, 0.2) is 22.7 Å². The lowest BCUT2D eigenvalue weighted by Gasteiger charge is -2.28. The van der Waals surface area contributed by atoms with Gasteiger partial charge in [-0.3, -0.25) is 4.79 Å². The van der Waals surface area contributed by atoms with Crippen molar-refractivity contribution in [3.05, 3.63) is 34.1 Å². The van der Waals surface area contributed by atoms with E-state index >= 15 is 0 Å². The number of nitrogens with one attached hydrogen (secondary N) is 2. The molecule has 2 N–H and O–H groups in total. The molecular weight excluding hydrogens is 335 g/mol. The molecule has 1 fully saturated rings. The molecule has 2 unspecified atom stereocenters. The van der Waals surface area contributed by atoms with E-state index in [0.717, 1.165) is 19.4 Å². The van der Waals surface area contributed by atoms with Crippen molar-refractivity contribution < 1.29 is 9.18 Å². The third-order valence-electron chi connectivity index (χ3n) is 3.13. The Labute approximate surface area is 126 Å². The lowest BCUT2D eigenvalue weighted by Crippen LogP contribution is -2.46. The molecule has 0 spiro atoms. The first kappa shape index (κ1) is 16.4. The van der Waals surface area contributed by atoms with Crippen molar-refractivity contribution in [2.45, 2.75) is 31.8 Å². The van der Waals surface area contributed by atoms with E-state index in [1.54, 1.807) is 6.07 Å². The van der Waals surface area contributed by atoms with Crippen molar-refractivity contribution >= 4 is 34.2 Å². The number of benzene rings is 1. The second-order valence-corrected chi connectivity index (χ2v) is 5.59. The quantitative estimate of drug-likeness (QED) is 0.860. The molecule has 1 heterocycles. The number of carbonyl (C=O) groups excluding carboxylic acids is 1. The summed E-state index contributed by atoms with van der Waals surface area (Å²) in [6.45, 7) is 2.96. The molecule has 0 bridgehead atoms. The van der Waals surface area contributed by atoms with E-state index in [2.05, 4.69) is 33.5 Å². The molecule has 6 heteroatoms. The van der Waals surface area contributed by atoms with Crippen molar-refractivity contribution in [1.29, 1.82) is 0 Å².